The van der Waals surface area contributed by atoms with Crippen LogP contribution in [0, 0.1) is 11.8 Å². The summed E-state index contributed by atoms with van der Waals surface area (Å²) in [6.45, 7) is 1.50. The first-order valence-corrected chi connectivity index (χ1v) is 9.56. The average Bonchev–Trinajstić information content (AvgIpc) is 3.02. The normalized spacial score (nSPS) is 27.0. The Balaban J connectivity index is 1.47. The highest BCUT2D eigenvalue weighted by Gasteiger charge is 2.44. The molecule has 0 spiro atoms. The average molecular weight is 339 g/mol. The van der Waals surface area contributed by atoms with Gasteiger partial charge >= 0.3 is 6.09 Å². The lowest BCUT2D eigenvalue weighted by molar-refractivity contribution is 0.0988. The van der Waals surface area contributed by atoms with Crippen LogP contribution in [0.5, 0.6) is 0 Å². The van der Waals surface area contributed by atoms with E-state index in [1.54, 1.807) is 4.90 Å². The van der Waals surface area contributed by atoms with E-state index in [9.17, 15) is 13.2 Å². The molecule has 6 nitrogen and oxygen atoms in total. The third-order valence-electron chi connectivity index (χ3n) is 4.48. The molecule has 1 aromatic carbocycles. The number of likely N-dealkylation sites (tertiary alicyclic amines) is 1. The summed E-state index contributed by atoms with van der Waals surface area (Å²) in [7, 11) is -3.41. The fourth-order valence-corrected chi connectivity index (χ4v) is 4.18. The molecular formula is C16H21NO5S. The lowest BCUT2D eigenvalue weighted by Crippen LogP contribution is -2.31. The van der Waals surface area contributed by atoms with E-state index in [0.717, 1.165) is 11.8 Å². The highest BCUT2D eigenvalue weighted by molar-refractivity contribution is 7.86. The van der Waals surface area contributed by atoms with Gasteiger partial charge in [-0.1, -0.05) is 30.3 Å². The molecule has 1 aliphatic carbocycles. The standard InChI is InChI=1S/C16H21NO5S/c1-23(19,20)22-15-7-13-9-17(10-14(13)8-15)16(18)21-11-12-5-3-2-4-6-12/h2-6,13-15H,7-11H2,1H3/t13-,14+,15-. The van der Waals surface area contributed by atoms with Crippen molar-refractivity contribution in [3.05, 3.63) is 35.9 Å². The van der Waals surface area contributed by atoms with E-state index < -0.39 is 10.1 Å². The van der Waals surface area contributed by atoms with E-state index in [2.05, 4.69) is 0 Å². The molecule has 2 aliphatic rings. The van der Waals surface area contributed by atoms with Crippen molar-refractivity contribution in [1.82, 2.24) is 4.90 Å². The maximum absolute atomic E-state index is 12.1. The van der Waals surface area contributed by atoms with E-state index in [-0.39, 0.29) is 18.8 Å². The summed E-state index contributed by atoms with van der Waals surface area (Å²) in [5, 5.41) is 0. The van der Waals surface area contributed by atoms with Crippen molar-refractivity contribution < 1.29 is 22.1 Å². The van der Waals surface area contributed by atoms with Crippen molar-refractivity contribution in [3.63, 3.8) is 0 Å². The van der Waals surface area contributed by atoms with Gasteiger partial charge in [0.05, 0.1) is 12.4 Å². The monoisotopic (exact) mass is 339 g/mol. The van der Waals surface area contributed by atoms with Crippen LogP contribution in [0.2, 0.25) is 0 Å². The highest BCUT2D eigenvalue weighted by atomic mass is 32.2. The zero-order chi connectivity index (χ0) is 16.4. The fraction of sp³-hybridized carbons (Fsp3) is 0.562. The highest BCUT2D eigenvalue weighted by Crippen LogP contribution is 2.40. The first-order chi connectivity index (χ1) is 10.9. The van der Waals surface area contributed by atoms with Gasteiger partial charge in [0, 0.05) is 13.1 Å². The molecule has 3 rings (SSSR count). The van der Waals surface area contributed by atoms with Crippen LogP contribution in [0.4, 0.5) is 4.79 Å². The van der Waals surface area contributed by atoms with Crippen molar-refractivity contribution in [3.8, 4) is 0 Å². The van der Waals surface area contributed by atoms with Crippen LogP contribution in [-0.2, 0) is 25.6 Å². The molecule has 3 atom stereocenters. The fourth-order valence-electron chi connectivity index (χ4n) is 3.53. The van der Waals surface area contributed by atoms with Crippen molar-refractivity contribution in [2.75, 3.05) is 19.3 Å². The van der Waals surface area contributed by atoms with Crippen LogP contribution >= 0.6 is 0 Å². The number of ether oxygens (including phenoxy) is 1. The van der Waals surface area contributed by atoms with Crippen molar-refractivity contribution >= 4 is 16.2 Å². The molecule has 1 amide bonds. The zero-order valence-electron chi connectivity index (χ0n) is 13.1. The number of hydrogen-bond donors (Lipinski definition) is 0. The predicted molar refractivity (Wildman–Crippen MR) is 84.1 cm³/mol. The summed E-state index contributed by atoms with van der Waals surface area (Å²) in [4.78, 5) is 13.9. The van der Waals surface area contributed by atoms with Gasteiger partial charge in [-0.2, -0.15) is 8.42 Å². The van der Waals surface area contributed by atoms with Gasteiger partial charge < -0.3 is 9.64 Å². The van der Waals surface area contributed by atoms with Gasteiger partial charge in [0.2, 0.25) is 0 Å². The van der Waals surface area contributed by atoms with E-state index in [1.165, 1.54) is 0 Å². The molecule has 0 radical (unpaired) electrons. The van der Waals surface area contributed by atoms with E-state index >= 15 is 0 Å². The number of nitrogens with zero attached hydrogens (tertiary/aromatic N) is 1. The van der Waals surface area contributed by atoms with Gasteiger partial charge in [-0.15, -0.1) is 0 Å². The Morgan fingerprint density at radius 3 is 2.35 bits per heavy atom. The van der Waals surface area contributed by atoms with Crippen molar-refractivity contribution in [2.24, 2.45) is 11.8 Å². The summed E-state index contributed by atoms with van der Waals surface area (Å²) in [6.07, 6.45) is 1.89. The topological polar surface area (TPSA) is 72.9 Å². The zero-order valence-corrected chi connectivity index (χ0v) is 13.9. The summed E-state index contributed by atoms with van der Waals surface area (Å²) in [5.74, 6) is 0.594. The second-order valence-electron chi connectivity index (χ2n) is 6.36. The van der Waals surface area contributed by atoms with E-state index in [1.807, 2.05) is 30.3 Å². The van der Waals surface area contributed by atoms with Gasteiger partial charge in [0.25, 0.3) is 10.1 Å². The Labute approximate surface area is 136 Å². The Hall–Kier alpha value is -1.60. The molecule has 1 aromatic rings. The molecule has 0 aromatic heterocycles. The Bertz CT molecular complexity index is 646. The van der Waals surface area contributed by atoms with Gasteiger partial charge in [-0.05, 0) is 30.2 Å². The molecule has 0 bridgehead atoms. The molecule has 1 heterocycles. The van der Waals surface area contributed by atoms with E-state index in [0.29, 0.717) is 37.8 Å². The quantitative estimate of drug-likeness (QED) is 0.785. The van der Waals surface area contributed by atoms with Crippen LogP contribution in [0.25, 0.3) is 0 Å². The Kier molecular flexibility index (Phi) is 4.59. The van der Waals surface area contributed by atoms with Crippen LogP contribution in [0.3, 0.4) is 0 Å². The largest absolute Gasteiger partial charge is 0.445 e. The molecule has 1 saturated carbocycles. The summed E-state index contributed by atoms with van der Waals surface area (Å²) < 4.78 is 32.8. The maximum Gasteiger partial charge on any atom is 0.410 e. The molecule has 1 aliphatic heterocycles. The maximum atomic E-state index is 12.1. The van der Waals surface area contributed by atoms with Crippen LogP contribution in [0.15, 0.2) is 30.3 Å². The van der Waals surface area contributed by atoms with Gasteiger partial charge in [-0.3, -0.25) is 4.18 Å². The van der Waals surface area contributed by atoms with Crippen LogP contribution in [0.1, 0.15) is 18.4 Å². The molecule has 1 saturated heterocycles. The third-order valence-corrected chi connectivity index (χ3v) is 5.10. The number of carbonyl (C=O) groups excluding carboxylic acids is 1. The molecule has 0 N–H and O–H groups in total. The summed E-state index contributed by atoms with van der Waals surface area (Å²) >= 11 is 0. The van der Waals surface area contributed by atoms with Gasteiger partial charge in [0.1, 0.15) is 6.61 Å². The number of carbonyl (C=O) groups is 1. The molecular weight excluding hydrogens is 318 g/mol. The first-order valence-electron chi connectivity index (χ1n) is 7.74. The summed E-state index contributed by atoms with van der Waals surface area (Å²) in [5.41, 5.74) is 0.960. The van der Waals surface area contributed by atoms with Crippen molar-refractivity contribution in [2.45, 2.75) is 25.6 Å². The predicted octanol–water partition coefficient (Wildman–Crippen LogP) is 2.01. The minimum absolute atomic E-state index is 0.248. The van der Waals surface area contributed by atoms with Gasteiger partial charge in [-0.25, -0.2) is 4.79 Å². The van der Waals surface area contributed by atoms with Crippen molar-refractivity contribution in [1.29, 1.82) is 0 Å². The second-order valence-corrected chi connectivity index (χ2v) is 7.96. The Morgan fingerprint density at radius 1 is 1.17 bits per heavy atom. The number of rotatable bonds is 4. The van der Waals surface area contributed by atoms with Crippen LogP contribution in [-0.4, -0.2) is 44.9 Å². The first kappa shape index (κ1) is 16.3. The lowest BCUT2D eigenvalue weighted by atomic mass is 10.0. The van der Waals surface area contributed by atoms with Crippen LogP contribution < -0.4 is 0 Å². The molecule has 23 heavy (non-hydrogen) atoms. The van der Waals surface area contributed by atoms with Gasteiger partial charge in [0.15, 0.2) is 0 Å². The Morgan fingerprint density at radius 2 is 1.78 bits per heavy atom. The minimum Gasteiger partial charge on any atom is -0.445 e. The minimum atomic E-state index is -3.41. The third kappa shape index (κ3) is 4.23. The number of fused-ring (bicyclic) bond motifs is 1. The number of benzene rings is 1. The number of amides is 1. The molecule has 0 unspecified atom stereocenters. The molecule has 126 valence electrons. The number of hydrogen-bond acceptors (Lipinski definition) is 5. The SMILES string of the molecule is CS(=O)(=O)O[C@@H]1C[C@@H]2CN(C(=O)OCc3ccccc3)C[C@@H]2C1. The molecule has 2 fully saturated rings. The lowest BCUT2D eigenvalue weighted by Gasteiger charge is -2.18. The molecule has 7 heteroatoms. The smallest absolute Gasteiger partial charge is 0.410 e. The summed E-state index contributed by atoms with van der Waals surface area (Å²) in [6, 6.07) is 9.57. The second kappa shape index (κ2) is 6.49. The van der Waals surface area contributed by atoms with E-state index in [4.69, 9.17) is 8.92 Å².